The molecule has 0 saturated carbocycles. The molecule has 1 rings (SSSR count). The van der Waals surface area contributed by atoms with E-state index in [2.05, 4.69) is 16.0 Å². The number of carboxylic acids is 1. The molecule has 14 heteroatoms. The molecule has 0 heterocycles. The van der Waals surface area contributed by atoms with E-state index in [1.165, 1.54) is 0 Å². The number of aliphatic carboxylic acids is 1. The molecule has 0 aliphatic rings. The van der Waals surface area contributed by atoms with Crippen molar-refractivity contribution in [1.82, 2.24) is 16.0 Å². The first-order valence-electron chi connectivity index (χ1n) is 11.1. The van der Waals surface area contributed by atoms with Gasteiger partial charge in [0, 0.05) is 19.3 Å². The Kier molecular flexibility index (Phi) is 12.5. The summed E-state index contributed by atoms with van der Waals surface area (Å²) in [6.45, 7) is -0.885. The van der Waals surface area contributed by atoms with Crippen LogP contribution in [-0.4, -0.2) is 76.5 Å². The largest absolute Gasteiger partial charge is 0.480 e. The summed E-state index contributed by atoms with van der Waals surface area (Å²) < 4.78 is 0. The SMILES string of the molecule is NC(=O)CCC(N)C(=O)NC(Cc1ccccc1)C(=O)NC(CO)C(=O)NC(CCC(N)=O)C(=O)O. The molecule has 4 unspecified atom stereocenters. The van der Waals surface area contributed by atoms with Gasteiger partial charge in [-0.2, -0.15) is 0 Å². The highest BCUT2D eigenvalue weighted by Gasteiger charge is 2.30. The molecule has 0 saturated heterocycles. The fraction of sp³-hybridized carbons (Fsp3) is 0.455. The normalized spacial score (nSPS) is 13.9. The Bertz CT molecular complexity index is 942. The zero-order valence-corrected chi connectivity index (χ0v) is 19.5. The predicted molar refractivity (Wildman–Crippen MR) is 125 cm³/mol. The molecule has 4 atom stereocenters. The molecule has 0 spiro atoms. The van der Waals surface area contributed by atoms with Crippen molar-refractivity contribution in [3.05, 3.63) is 35.9 Å². The standard InChI is InChI=1S/C22H32N6O8/c23-13(6-8-17(24)30)19(32)27-15(10-12-4-2-1-3-5-12)20(33)28-16(11-29)21(34)26-14(22(35)36)7-9-18(25)31/h1-5,13-16,29H,6-11,23H2,(H2,24,30)(H2,25,31)(H,26,34)(H,27,32)(H,28,33)(H,35,36). The number of hydrogen-bond donors (Lipinski definition) is 8. The van der Waals surface area contributed by atoms with Crippen LogP contribution in [0.15, 0.2) is 30.3 Å². The zero-order chi connectivity index (χ0) is 27.3. The molecule has 0 aliphatic carbocycles. The molecule has 14 nitrogen and oxygen atoms in total. The molecule has 0 aromatic heterocycles. The van der Waals surface area contributed by atoms with Gasteiger partial charge in [0.25, 0.3) is 0 Å². The van der Waals surface area contributed by atoms with Crippen molar-refractivity contribution in [2.75, 3.05) is 6.61 Å². The fourth-order valence-corrected chi connectivity index (χ4v) is 3.05. The number of amides is 5. The zero-order valence-electron chi connectivity index (χ0n) is 19.5. The van der Waals surface area contributed by atoms with E-state index in [1.54, 1.807) is 30.3 Å². The molecule has 11 N–H and O–H groups in total. The van der Waals surface area contributed by atoms with E-state index in [4.69, 9.17) is 17.2 Å². The van der Waals surface area contributed by atoms with E-state index >= 15 is 0 Å². The van der Waals surface area contributed by atoms with Crippen LogP contribution in [0, 0.1) is 0 Å². The van der Waals surface area contributed by atoms with Crippen molar-refractivity contribution in [3.8, 4) is 0 Å². The minimum absolute atomic E-state index is 0.00289. The number of carbonyl (C=O) groups excluding carboxylic acids is 5. The second-order valence-corrected chi connectivity index (χ2v) is 8.01. The van der Waals surface area contributed by atoms with Crippen LogP contribution in [0.4, 0.5) is 0 Å². The van der Waals surface area contributed by atoms with Crippen molar-refractivity contribution in [3.63, 3.8) is 0 Å². The summed E-state index contributed by atoms with van der Waals surface area (Å²) in [5.41, 5.74) is 16.5. The molecule has 0 fully saturated rings. The summed E-state index contributed by atoms with van der Waals surface area (Å²) >= 11 is 0. The van der Waals surface area contributed by atoms with Gasteiger partial charge in [0.15, 0.2) is 0 Å². The van der Waals surface area contributed by atoms with Crippen LogP contribution >= 0.6 is 0 Å². The monoisotopic (exact) mass is 508 g/mol. The van der Waals surface area contributed by atoms with Gasteiger partial charge in [-0.15, -0.1) is 0 Å². The number of nitrogens with two attached hydrogens (primary N) is 3. The van der Waals surface area contributed by atoms with Crippen molar-refractivity contribution >= 4 is 35.5 Å². The molecule has 0 radical (unpaired) electrons. The third-order valence-electron chi connectivity index (χ3n) is 5.06. The maximum atomic E-state index is 13.0. The van der Waals surface area contributed by atoms with Crippen LogP contribution in [0.3, 0.4) is 0 Å². The number of benzene rings is 1. The maximum absolute atomic E-state index is 13.0. The Morgan fingerprint density at radius 1 is 0.750 bits per heavy atom. The smallest absolute Gasteiger partial charge is 0.326 e. The first-order valence-corrected chi connectivity index (χ1v) is 11.1. The Morgan fingerprint density at radius 2 is 1.25 bits per heavy atom. The first kappa shape index (κ1) is 30.0. The molecular weight excluding hydrogens is 476 g/mol. The molecule has 36 heavy (non-hydrogen) atoms. The van der Waals surface area contributed by atoms with Crippen molar-refractivity contribution in [2.45, 2.75) is 56.3 Å². The summed E-state index contributed by atoms with van der Waals surface area (Å²) in [6.07, 6.45) is -0.800. The highest BCUT2D eigenvalue weighted by Crippen LogP contribution is 2.06. The third kappa shape index (κ3) is 10.9. The lowest BCUT2D eigenvalue weighted by Crippen LogP contribution is -2.58. The number of carbonyl (C=O) groups is 6. The number of nitrogens with one attached hydrogen (secondary N) is 3. The lowest BCUT2D eigenvalue weighted by molar-refractivity contribution is -0.143. The van der Waals surface area contributed by atoms with Crippen LogP contribution in [0.2, 0.25) is 0 Å². The molecule has 1 aromatic carbocycles. The Hall–Kier alpha value is -4.04. The highest BCUT2D eigenvalue weighted by molar-refractivity contribution is 5.94. The summed E-state index contributed by atoms with van der Waals surface area (Å²) in [6, 6.07) is 3.16. The molecular formula is C22H32N6O8. The van der Waals surface area contributed by atoms with Gasteiger partial charge >= 0.3 is 5.97 Å². The topological polar surface area (TPSA) is 257 Å². The molecule has 0 aliphatic heterocycles. The number of aliphatic hydroxyl groups is 1. The van der Waals surface area contributed by atoms with Crippen LogP contribution in [-0.2, 0) is 35.2 Å². The minimum atomic E-state index is -1.56. The van der Waals surface area contributed by atoms with E-state index < -0.39 is 66.3 Å². The highest BCUT2D eigenvalue weighted by atomic mass is 16.4. The average molecular weight is 509 g/mol. The summed E-state index contributed by atoms with van der Waals surface area (Å²) in [7, 11) is 0. The van der Waals surface area contributed by atoms with Gasteiger partial charge in [-0.25, -0.2) is 4.79 Å². The molecule has 1 aromatic rings. The number of carboxylic acid groups (broad SMARTS) is 1. The quantitative estimate of drug-likeness (QED) is 0.111. The molecule has 5 amide bonds. The number of rotatable bonds is 16. The maximum Gasteiger partial charge on any atom is 0.326 e. The predicted octanol–water partition coefficient (Wildman–Crippen LogP) is -3.38. The van der Waals surface area contributed by atoms with Gasteiger partial charge in [0.1, 0.15) is 18.1 Å². The molecule has 0 bridgehead atoms. The summed E-state index contributed by atoms with van der Waals surface area (Å²) in [5, 5.41) is 25.7. The van der Waals surface area contributed by atoms with E-state index in [0.717, 1.165) is 0 Å². The van der Waals surface area contributed by atoms with Crippen LogP contribution < -0.4 is 33.2 Å². The van der Waals surface area contributed by atoms with Gasteiger partial charge < -0.3 is 43.4 Å². The van der Waals surface area contributed by atoms with Crippen molar-refractivity contribution in [2.24, 2.45) is 17.2 Å². The second kappa shape index (κ2) is 15.1. The van der Waals surface area contributed by atoms with Gasteiger partial charge in [-0.1, -0.05) is 30.3 Å². The van der Waals surface area contributed by atoms with Crippen LogP contribution in [0.1, 0.15) is 31.2 Å². The van der Waals surface area contributed by atoms with Gasteiger partial charge in [0.05, 0.1) is 12.6 Å². The van der Waals surface area contributed by atoms with Gasteiger partial charge in [-0.05, 0) is 18.4 Å². The fourth-order valence-electron chi connectivity index (χ4n) is 3.05. The van der Waals surface area contributed by atoms with Gasteiger partial charge in [-0.3, -0.25) is 24.0 Å². The number of aliphatic hydroxyl groups excluding tert-OH is 1. The summed E-state index contributed by atoms with van der Waals surface area (Å²) in [4.78, 5) is 71.2. The van der Waals surface area contributed by atoms with Crippen LogP contribution in [0.25, 0.3) is 0 Å². The van der Waals surface area contributed by atoms with E-state index in [1.807, 2.05) is 0 Å². The molecule has 198 valence electrons. The lowest BCUT2D eigenvalue weighted by Gasteiger charge is -2.24. The number of hydrogen-bond acceptors (Lipinski definition) is 8. The Balaban J connectivity index is 2.96. The number of primary amides is 2. The van der Waals surface area contributed by atoms with E-state index in [-0.39, 0.29) is 32.1 Å². The Morgan fingerprint density at radius 3 is 1.78 bits per heavy atom. The van der Waals surface area contributed by atoms with Gasteiger partial charge in [0.2, 0.25) is 29.5 Å². The second-order valence-electron chi connectivity index (χ2n) is 8.01. The van der Waals surface area contributed by atoms with E-state index in [9.17, 15) is 39.0 Å². The third-order valence-corrected chi connectivity index (χ3v) is 5.06. The van der Waals surface area contributed by atoms with Crippen molar-refractivity contribution < 1.29 is 39.0 Å². The Labute approximate surface area is 206 Å². The average Bonchev–Trinajstić information content (AvgIpc) is 2.82. The minimum Gasteiger partial charge on any atom is -0.480 e. The van der Waals surface area contributed by atoms with E-state index in [0.29, 0.717) is 5.56 Å². The van der Waals surface area contributed by atoms with Crippen molar-refractivity contribution in [1.29, 1.82) is 0 Å². The lowest BCUT2D eigenvalue weighted by atomic mass is 10.0. The van der Waals surface area contributed by atoms with Crippen LogP contribution in [0.5, 0.6) is 0 Å². The first-order chi connectivity index (χ1) is 16.9. The summed E-state index contributed by atoms with van der Waals surface area (Å²) in [5.74, 6) is -5.47.